The summed E-state index contributed by atoms with van der Waals surface area (Å²) in [5, 5.41) is 0.516. The Hall–Kier alpha value is -3.03. The van der Waals surface area contributed by atoms with Gasteiger partial charge >= 0.3 is 5.97 Å². The van der Waals surface area contributed by atoms with Crippen LogP contribution in [0.25, 0.3) is 10.9 Å². The lowest BCUT2D eigenvalue weighted by Crippen LogP contribution is -2.35. The van der Waals surface area contributed by atoms with Crippen molar-refractivity contribution in [3.63, 3.8) is 0 Å². The third-order valence-corrected chi connectivity index (χ3v) is 4.36. The number of para-hydroxylation sites is 1. The van der Waals surface area contributed by atoms with E-state index >= 15 is 0 Å². The van der Waals surface area contributed by atoms with E-state index in [1.165, 1.54) is 4.57 Å². The fourth-order valence-electron chi connectivity index (χ4n) is 2.91. The highest BCUT2D eigenvalue weighted by Crippen LogP contribution is 2.11. The predicted molar refractivity (Wildman–Crippen MR) is 92.2 cm³/mol. The molecule has 0 N–H and O–H groups in total. The molecule has 0 radical (unpaired) electrons. The van der Waals surface area contributed by atoms with Crippen LogP contribution in [0.2, 0.25) is 0 Å². The number of esters is 1. The molecular weight excluding hydrogens is 338 g/mol. The van der Waals surface area contributed by atoms with E-state index in [0.29, 0.717) is 36.1 Å². The summed E-state index contributed by atoms with van der Waals surface area (Å²) in [6.45, 7) is -0.0764. The van der Waals surface area contributed by atoms with E-state index in [1.807, 2.05) is 0 Å². The zero-order chi connectivity index (χ0) is 18.7. The van der Waals surface area contributed by atoms with Crippen molar-refractivity contribution in [2.24, 2.45) is 7.05 Å². The van der Waals surface area contributed by atoms with E-state index in [-0.39, 0.29) is 24.3 Å². The minimum Gasteiger partial charge on any atom is -0.456 e. The Morgan fingerprint density at radius 2 is 2.00 bits per heavy atom. The summed E-state index contributed by atoms with van der Waals surface area (Å²) >= 11 is 0. The van der Waals surface area contributed by atoms with Crippen molar-refractivity contribution in [2.45, 2.75) is 25.7 Å². The molecule has 0 unspecified atom stereocenters. The van der Waals surface area contributed by atoms with Crippen LogP contribution < -0.4 is 5.56 Å². The third kappa shape index (κ3) is 3.63. The van der Waals surface area contributed by atoms with Gasteiger partial charge in [-0.25, -0.2) is 4.98 Å². The van der Waals surface area contributed by atoms with Gasteiger partial charge in [-0.15, -0.1) is 0 Å². The van der Waals surface area contributed by atoms with Crippen molar-refractivity contribution in [3.05, 3.63) is 40.4 Å². The molecule has 1 aliphatic heterocycles. The van der Waals surface area contributed by atoms with Crippen LogP contribution in [-0.2, 0) is 32.6 Å². The van der Waals surface area contributed by atoms with Crippen LogP contribution in [0, 0.1) is 0 Å². The first-order valence-electron chi connectivity index (χ1n) is 8.41. The second-order valence-corrected chi connectivity index (χ2v) is 6.11. The van der Waals surface area contributed by atoms with Gasteiger partial charge in [0.15, 0.2) is 6.61 Å². The summed E-state index contributed by atoms with van der Waals surface area (Å²) in [4.78, 5) is 53.0. The summed E-state index contributed by atoms with van der Waals surface area (Å²) in [5.74, 6) is -0.849. The standard InChI is InChI=1S/C18H19N3O5/c1-20-14(19-13-6-3-2-5-12(13)18(20)25)8-9-17(24)26-11-16(23)21-10-4-7-15(21)22/h2-3,5-6H,4,7-11H2,1H3. The van der Waals surface area contributed by atoms with Crippen molar-refractivity contribution < 1.29 is 19.1 Å². The van der Waals surface area contributed by atoms with Crippen molar-refractivity contribution in [3.8, 4) is 0 Å². The molecule has 8 heteroatoms. The van der Waals surface area contributed by atoms with Gasteiger partial charge in [-0.05, 0) is 18.6 Å². The molecule has 0 bridgehead atoms. The summed E-state index contributed by atoms with van der Waals surface area (Å²) in [7, 11) is 1.60. The Bertz CT molecular complexity index is 934. The van der Waals surface area contributed by atoms with Crippen molar-refractivity contribution in [1.29, 1.82) is 0 Å². The van der Waals surface area contributed by atoms with Gasteiger partial charge in [-0.2, -0.15) is 0 Å². The smallest absolute Gasteiger partial charge is 0.306 e. The number of likely N-dealkylation sites (tertiary alicyclic amines) is 1. The van der Waals surface area contributed by atoms with Gasteiger partial charge in [-0.3, -0.25) is 28.6 Å². The SMILES string of the molecule is Cn1c(CCC(=O)OCC(=O)N2CCCC2=O)nc2ccccc2c1=O. The molecule has 2 aromatic rings. The van der Waals surface area contributed by atoms with Crippen LogP contribution in [0.5, 0.6) is 0 Å². The lowest BCUT2D eigenvalue weighted by molar-refractivity contribution is -0.154. The van der Waals surface area contributed by atoms with E-state index in [9.17, 15) is 19.2 Å². The summed E-state index contributed by atoms with van der Waals surface area (Å²) in [5.41, 5.74) is 0.392. The Labute approximate surface area is 149 Å². The van der Waals surface area contributed by atoms with Gasteiger partial charge in [0.2, 0.25) is 5.91 Å². The second-order valence-electron chi connectivity index (χ2n) is 6.11. The van der Waals surface area contributed by atoms with Crippen LogP contribution in [-0.4, -0.2) is 45.4 Å². The number of ether oxygens (including phenoxy) is 1. The number of aryl methyl sites for hydroxylation is 1. The fraction of sp³-hybridized carbons (Fsp3) is 0.389. The first kappa shape index (κ1) is 17.8. The number of amides is 2. The lowest BCUT2D eigenvalue weighted by Gasteiger charge is -2.13. The number of carbonyl (C=O) groups is 3. The van der Waals surface area contributed by atoms with Crippen LogP contribution in [0.1, 0.15) is 25.1 Å². The third-order valence-electron chi connectivity index (χ3n) is 4.36. The second kappa shape index (κ2) is 7.47. The van der Waals surface area contributed by atoms with Crippen molar-refractivity contribution in [1.82, 2.24) is 14.5 Å². The predicted octanol–water partition coefficient (Wildman–Crippen LogP) is 0.558. The van der Waals surface area contributed by atoms with E-state index in [2.05, 4.69) is 4.98 Å². The summed E-state index contributed by atoms with van der Waals surface area (Å²) < 4.78 is 6.35. The molecule has 8 nitrogen and oxygen atoms in total. The molecule has 2 amide bonds. The number of aromatic nitrogens is 2. The molecule has 2 heterocycles. The molecule has 1 aromatic carbocycles. The molecule has 0 spiro atoms. The Balaban J connectivity index is 1.59. The van der Waals surface area contributed by atoms with Gasteiger partial charge in [0.1, 0.15) is 5.82 Å². The first-order chi connectivity index (χ1) is 12.5. The Morgan fingerprint density at radius 1 is 1.23 bits per heavy atom. The van der Waals surface area contributed by atoms with E-state index in [0.717, 1.165) is 4.90 Å². The number of imide groups is 1. The fourth-order valence-corrected chi connectivity index (χ4v) is 2.91. The number of hydrogen-bond acceptors (Lipinski definition) is 6. The monoisotopic (exact) mass is 357 g/mol. The molecule has 26 heavy (non-hydrogen) atoms. The average molecular weight is 357 g/mol. The van der Waals surface area contributed by atoms with Gasteiger partial charge < -0.3 is 4.74 Å². The summed E-state index contributed by atoms with van der Waals surface area (Å²) in [6.07, 6.45) is 1.19. The molecule has 0 aliphatic carbocycles. The molecule has 0 atom stereocenters. The van der Waals surface area contributed by atoms with Crippen LogP contribution in [0.3, 0.4) is 0 Å². The normalized spacial score (nSPS) is 14.0. The van der Waals surface area contributed by atoms with Crippen LogP contribution >= 0.6 is 0 Å². The minimum atomic E-state index is -0.576. The van der Waals surface area contributed by atoms with Crippen LogP contribution in [0.4, 0.5) is 0 Å². The van der Waals surface area contributed by atoms with E-state index in [1.54, 1.807) is 31.3 Å². The largest absolute Gasteiger partial charge is 0.456 e. The molecule has 1 aromatic heterocycles. The van der Waals surface area contributed by atoms with Gasteiger partial charge in [0.05, 0.1) is 17.3 Å². The number of rotatable bonds is 5. The van der Waals surface area contributed by atoms with Gasteiger partial charge in [0, 0.05) is 26.4 Å². The zero-order valence-corrected chi connectivity index (χ0v) is 14.4. The maximum atomic E-state index is 12.3. The highest BCUT2D eigenvalue weighted by molar-refractivity contribution is 5.97. The van der Waals surface area contributed by atoms with E-state index in [4.69, 9.17) is 4.74 Å². The summed E-state index contributed by atoms with van der Waals surface area (Å²) in [6, 6.07) is 7.00. The molecule has 1 aliphatic rings. The Morgan fingerprint density at radius 3 is 2.73 bits per heavy atom. The molecular formula is C18H19N3O5. The number of fused-ring (bicyclic) bond motifs is 1. The first-order valence-corrected chi connectivity index (χ1v) is 8.41. The van der Waals surface area contributed by atoms with E-state index < -0.39 is 18.5 Å². The van der Waals surface area contributed by atoms with Crippen molar-refractivity contribution >= 4 is 28.7 Å². The van der Waals surface area contributed by atoms with Gasteiger partial charge in [0.25, 0.3) is 11.5 Å². The topological polar surface area (TPSA) is 98.6 Å². The number of hydrogen-bond donors (Lipinski definition) is 0. The highest BCUT2D eigenvalue weighted by atomic mass is 16.5. The molecule has 3 rings (SSSR count). The maximum Gasteiger partial charge on any atom is 0.306 e. The minimum absolute atomic E-state index is 0.0140. The quantitative estimate of drug-likeness (QED) is 0.725. The Kier molecular flexibility index (Phi) is 5.11. The molecule has 0 saturated carbocycles. The van der Waals surface area contributed by atoms with Gasteiger partial charge in [-0.1, -0.05) is 12.1 Å². The number of benzene rings is 1. The number of carbonyl (C=O) groups excluding carboxylic acids is 3. The van der Waals surface area contributed by atoms with Crippen LogP contribution in [0.15, 0.2) is 29.1 Å². The molecule has 1 fully saturated rings. The highest BCUT2D eigenvalue weighted by Gasteiger charge is 2.26. The average Bonchev–Trinajstić information content (AvgIpc) is 3.07. The van der Waals surface area contributed by atoms with Crippen molar-refractivity contribution in [2.75, 3.05) is 13.2 Å². The molecule has 1 saturated heterocycles. The number of nitrogens with zero attached hydrogens (tertiary/aromatic N) is 3. The zero-order valence-electron chi connectivity index (χ0n) is 14.4. The molecule has 136 valence electrons. The lowest BCUT2D eigenvalue weighted by atomic mass is 10.2. The maximum absolute atomic E-state index is 12.3.